The van der Waals surface area contributed by atoms with E-state index in [1.807, 2.05) is 6.92 Å². The Morgan fingerprint density at radius 2 is 2.33 bits per heavy atom. The fourth-order valence-corrected chi connectivity index (χ4v) is 2.24. The van der Waals surface area contributed by atoms with Gasteiger partial charge in [-0.3, -0.25) is 0 Å². The Hall–Kier alpha value is -0.340. The quantitative estimate of drug-likeness (QED) is 0.762. The summed E-state index contributed by atoms with van der Waals surface area (Å²) in [7, 11) is 0. The second-order valence-electron chi connectivity index (χ2n) is 3.11. The molecule has 1 rings (SSSR count). The second kappa shape index (κ2) is 4.63. The van der Waals surface area contributed by atoms with E-state index in [4.69, 9.17) is 5.11 Å². The highest BCUT2D eigenvalue weighted by Crippen LogP contribution is 2.19. The molecule has 1 aromatic rings. The maximum Gasteiger partial charge on any atom is 0.0515 e. The van der Waals surface area contributed by atoms with Crippen LogP contribution in [0.5, 0.6) is 0 Å². The minimum Gasteiger partial charge on any atom is -0.393 e. The van der Waals surface area contributed by atoms with Gasteiger partial charge in [-0.15, -0.1) is 11.3 Å². The van der Waals surface area contributed by atoms with E-state index in [2.05, 4.69) is 18.4 Å². The van der Waals surface area contributed by atoms with E-state index in [1.165, 1.54) is 10.4 Å². The van der Waals surface area contributed by atoms with E-state index in [9.17, 15) is 0 Å². The molecule has 0 spiro atoms. The molecular weight excluding hydrogens is 168 g/mol. The second-order valence-corrected chi connectivity index (χ2v) is 4.11. The van der Waals surface area contributed by atoms with Crippen molar-refractivity contribution in [3.63, 3.8) is 0 Å². The maximum atomic E-state index is 9.12. The summed E-state index contributed by atoms with van der Waals surface area (Å²) in [6.45, 7) is 4.02. The van der Waals surface area contributed by atoms with E-state index >= 15 is 0 Å². The van der Waals surface area contributed by atoms with Crippen LogP contribution >= 0.6 is 11.3 Å². The van der Waals surface area contributed by atoms with Gasteiger partial charge in [0, 0.05) is 4.88 Å². The summed E-state index contributed by atoms with van der Waals surface area (Å²) in [6, 6.07) is 2.18. The Balaban J connectivity index is 2.50. The Labute approximate surface area is 78.1 Å². The summed E-state index contributed by atoms with van der Waals surface area (Å²) >= 11 is 1.80. The predicted octanol–water partition coefficient (Wildman–Crippen LogP) is 2.62. The number of hydrogen-bond donors (Lipinski definition) is 1. The lowest BCUT2D eigenvalue weighted by atomic mass is 10.1. The van der Waals surface area contributed by atoms with Gasteiger partial charge in [-0.25, -0.2) is 0 Å². The summed E-state index contributed by atoms with van der Waals surface area (Å²) in [5.41, 5.74) is 1.45. The van der Waals surface area contributed by atoms with Crippen molar-refractivity contribution in [3.05, 3.63) is 21.9 Å². The summed E-state index contributed by atoms with van der Waals surface area (Å²) in [5, 5.41) is 11.3. The lowest BCUT2D eigenvalue weighted by molar-refractivity contribution is 0.185. The summed E-state index contributed by atoms with van der Waals surface area (Å²) < 4.78 is 0. The molecule has 0 amide bonds. The van der Waals surface area contributed by atoms with Gasteiger partial charge in [0.15, 0.2) is 0 Å². The van der Waals surface area contributed by atoms with E-state index in [0.29, 0.717) is 0 Å². The first-order valence-electron chi connectivity index (χ1n) is 4.47. The third-order valence-corrected chi connectivity index (χ3v) is 3.03. The number of aliphatic hydroxyl groups excluding tert-OH is 1. The maximum absolute atomic E-state index is 9.12. The topological polar surface area (TPSA) is 20.2 Å². The third kappa shape index (κ3) is 2.61. The van der Waals surface area contributed by atoms with Gasteiger partial charge in [-0.2, -0.15) is 0 Å². The highest BCUT2D eigenvalue weighted by atomic mass is 32.1. The van der Waals surface area contributed by atoms with E-state index in [-0.39, 0.29) is 6.10 Å². The fraction of sp³-hybridized carbons (Fsp3) is 0.600. The Kier molecular flexibility index (Phi) is 3.76. The summed E-state index contributed by atoms with van der Waals surface area (Å²) in [4.78, 5) is 1.44. The molecule has 2 heteroatoms. The lowest BCUT2D eigenvalue weighted by Gasteiger charge is -2.03. The largest absolute Gasteiger partial charge is 0.393 e. The first kappa shape index (κ1) is 9.75. The van der Waals surface area contributed by atoms with Crippen LogP contribution in [0.3, 0.4) is 0 Å². The SMILES string of the molecule is CCc1ccsc1CCC(C)O. The predicted molar refractivity (Wildman–Crippen MR) is 53.7 cm³/mol. The van der Waals surface area contributed by atoms with E-state index in [1.54, 1.807) is 11.3 Å². The van der Waals surface area contributed by atoms with Gasteiger partial charge in [-0.1, -0.05) is 6.92 Å². The van der Waals surface area contributed by atoms with Gasteiger partial charge in [-0.05, 0) is 43.2 Å². The molecule has 1 nitrogen and oxygen atoms in total. The van der Waals surface area contributed by atoms with Crippen molar-refractivity contribution in [2.45, 2.75) is 39.2 Å². The normalized spacial score (nSPS) is 13.2. The molecule has 1 atom stereocenters. The van der Waals surface area contributed by atoms with Gasteiger partial charge in [0.1, 0.15) is 0 Å². The molecule has 1 aromatic heterocycles. The van der Waals surface area contributed by atoms with Crippen LogP contribution in [0.25, 0.3) is 0 Å². The van der Waals surface area contributed by atoms with Crippen LogP contribution < -0.4 is 0 Å². The van der Waals surface area contributed by atoms with Crippen molar-refractivity contribution < 1.29 is 5.11 Å². The van der Waals surface area contributed by atoms with Crippen LogP contribution in [0.4, 0.5) is 0 Å². The average molecular weight is 184 g/mol. The zero-order valence-corrected chi connectivity index (χ0v) is 8.53. The van der Waals surface area contributed by atoms with Crippen molar-refractivity contribution in [3.8, 4) is 0 Å². The first-order chi connectivity index (χ1) is 5.74. The Bertz CT molecular complexity index is 227. The van der Waals surface area contributed by atoms with Crippen molar-refractivity contribution in [2.75, 3.05) is 0 Å². The van der Waals surface area contributed by atoms with Gasteiger partial charge in [0.25, 0.3) is 0 Å². The highest BCUT2D eigenvalue weighted by molar-refractivity contribution is 7.10. The molecular formula is C10H16OS. The third-order valence-electron chi connectivity index (χ3n) is 2.01. The van der Waals surface area contributed by atoms with E-state index in [0.717, 1.165) is 19.3 Å². The molecule has 1 N–H and O–H groups in total. The van der Waals surface area contributed by atoms with Crippen LogP contribution in [0.15, 0.2) is 11.4 Å². The molecule has 0 bridgehead atoms. The van der Waals surface area contributed by atoms with Gasteiger partial charge in [0.2, 0.25) is 0 Å². The van der Waals surface area contributed by atoms with Crippen LogP contribution in [-0.4, -0.2) is 11.2 Å². The molecule has 0 aromatic carbocycles. The Morgan fingerprint density at radius 1 is 1.58 bits per heavy atom. The van der Waals surface area contributed by atoms with Crippen molar-refractivity contribution in [2.24, 2.45) is 0 Å². The molecule has 0 saturated heterocycles. The monoisotopic (exact) mass is 184 g/mol. The zero-order valence-electron chi connectivity index (χ0n) is 7.71. The minimum absolute atomic E-state index is 0.170. The van der Waals surface area contributed by atoms with Crippen molar-refractivity contribution >= 4 is 11.3 Å². The lowest BCUT2D eigenvalue weighted by Crippen LogP contribution is -2.01. The van der Waals surface area contributed by atoms with Crippen LogP contribution in [0, 0.1) is 0 Å². The molecule has 1 heterocycles. The molecule has 1 unspecified atom stereocenters. The van der Waals surface area contributed by atoms with Crippen LogP contribution in [-0.2, 0) is 12.8 Å². The molecule has 0 aliphatic carbocycles. The number of rotatable bonds is 4. The summed E-state index contributed by atoms with van der Waals surface area (Å²) in [5.74, 6) is 0. The van der Waals surface area contributed by atoms with Crippen molar-refractivity contribution in [1.82, 2.24) is 0 Å². The van der Waals surface area contributed by atoms with Crippen molar-refractivity contribution in [1.29, 1.82) is 0 Å². The molecule has 0 aliphatic rings. The standard InChI is InChI=1S/C10H16OS/c1-3-9-6-7-12-10(9)5-4-8(2)11/h6-8,11H,3-5H2,1-2H3. The highest BCUT2D eigenvalue weighted by Gasteiger charge is 2.03. The smallest absolute Gasteiger partial charge is 0.0515 e. The molecule has 12 heavy (non-hydrogen) atoms. The molecule has 0 fully saturated rings. The summed E-state index contributed by atoms with van der Waals surface area (Å²) in [6.07, 6.45) is 2.85. The number of aryl methyl sites for hydroxylation is 2. The van der Waals surface area contributed by atoms with Gasteiger partial charge < -0.3 is 5.11 Å². The molecule has 0 aliphatic heterocycles. The molecule has 0 saturated carbocycles. The van der Waals surface area contributed by atoms with Crippen LogP contribution in [0.1, 0.15) is 30.7 Å². The Morgan fingerprint density at radius 3 is 2.92 bits per heavy atom. The zero-order chi connectivity index (χ0) is 8.97. The average Bonchev–Trinajstić information content (AvgIpc) is 2.47. The van der Waals surface area contributed by atoms with Crippen LogP contribution in [0.2, 0.25) is 0 Å². The van der Waals surface area contributed by atoms with E-state index < -0.39 is 0 Å². The molecule has 0 radical (unpaired) electrons. The minimum atomic E-state index is -0.170. The fourth-order valence-electron chi connectivity index (χ4n) is 1.24. The van der Waals surface area contributed by atoms with Gasteiger partial charge in [0.05, 0.1) is 6.10 Å². The first-order valence-corrected chi connectivity index (χ1v) is 5.35. The number of hydrogen-bond acceptors (Lipinski definition) is 2. The molecule has 68 valence electrons. The van der Waals surface area contributed by atoms with Gasteiger partial charge >= 0.3 is 0 Å². The number of aliphatic hydroxyl groups is 1. The number of thiophene rings is 1.